The van der Waals surface area contributed by atoms with Gasteiger partial charge in [0.15, 0.2) is 0 Å². The number of pyridine rings is 1. The molecule has 1 fully saturated rings. The molecule has 6 nitrogen and oxygen atoms in total. The standard InChI is InChI=1S/C15H15ClF3N5O/c1-9-12(2-3-13(21-9)15(17,18)19)22-14(25)23-5-4-11(8-23)24-7-10(16)6-20-24/h2-3,6-7,11H,4-5,8H2,1H3,(H,22,25). The van der Waals surface area contributed by atoms with Crippen LogP contribution >= 0.6 is 11.6 Å². The van der Waals surface area contributed by atoms with E-state index in [-0.39, 0.29) is 23.5 Å². The van der Waals surface area contributed by atoms with Crippen LogP contribution in [0.4, 0.5) is 23.7 Å². The van der Waals surface area contributed by atoms with Crippen molar-refractivity contribution in [1.82, 2.24) is 19.7 Å². The van der Waals surface area contributed by atoms with Crippen molar-refractivity contribution in [3.63, 3.8) is 0 Å². The number of aromatic nitrogens is 3. The molecule has 0 spiro atoms. The number of rotatable bonds is 2. The molecule has 0 bridgehead atoms. The Morgan fingerprint density at radius 3 is 2.76 bits per heavy atom. The minimum atomic E-state index is -4.51. The Morgan fingerprint density at radius 2 is 2.16 bits per heavy atom. The van der Waals surface area contributed by atoms with E-state index in [1.807, 2.05) is 0 Å². The van der Waals surface area contributed by atoms with E-state index in [9.17, 15) is 18.0 Å². The van der Waals surface area contributed by atoms with Crippen molar-refractivity contribution < 1.29 is 18.0 Å². The first kappa shape index (κ1) is 17.5. The Labute approximate surface area is 146 Å². The SMILES string of the molecule is Cc1nc(C(F)(F)F)ccc1NC(=O)N1CCC(n2cc(Cl)cn2)C1. The van der Waals surface area contributed by atoms with E-state index in [0.29, 0.717) is 18.1 Å². The number of anilines is 1. The summed E-state index contributed by atoms with van der Waals surface area (Å²) in [6, 6.07) is 1.70. The Kier molecular flexibility index (Phi) is 4.59. The van der Waals surface area contributed by atoms with E-state index in [4.69, 9.17) is 11.6 Å². The van der Waals surface area contributed by atoms with Crippen LogP contribution in [0.15, 0.2) is 24.5 Å². The van der Waals surface area contributed by atoms with Crippen LogP contribution in [0.25, 0.3) is 0 Å². The van der Waals surface area contributed by atoms with Crippen LogP contribution in [-0.4, -0.2) is 38.8 Å². The van der Waals surface area contributed by atoms with Gasteiger partial charge in [0.1, 0.15) is 5.69 Å². The summed E-state index contributed by atoms with van der Waals surface area (Å²) in [4.78, 5) is 17.4. The summed E-state index contributed by atoms with van der Waals surface area (Å²) >= 11 is 5.84. The van der Waals surface area contributed by atoms with Crippen molar-refractivity contribution in [1.29, 1.82) is 0 Å². The largest absolute Gasteiger partial charge is 0.433 e. The fourth-order valence-corrected chi connectivity index (χ4v) is 2.85. The highest BCUT2D eigenvalue weighted by molar-refractivity contribution is 6.30. The van der Waals surface area contributed by atoms with Crippen molar-refractivity contribution in [3.05, 3.63) is 40.9 Å². The average Bonchev–Trinajstić information content (AvgIpc) is 3.16. The number of urea groups is 1. The Morgan fingerprint density at radius 1 is 1.40 bits per heavy atom. The highest BCUT2D eigenvalue weighted by Crippen LogP contribution is 2.29. The molecule has 3 rings (SSSR count). The molecule has 1 N–H and O–H groups in total. The maximum atomic E-state index is 12.6. The van der Waals surface area contributed by atoms with E-state index < -0.39 is 11.9 Å². The number of hydrogen-bond acceptors (Lipinski definition) is 3. The second-order valence-corrected chi connectivity index (χ2v) is 6.22. The second kappa shape index (κ2) is 6.55. The van der Waals surface area contributed by atoms with Crippen LogP contribution in [0.2, 0.25) is 5.02 Å². The summed E-state index contributed by atoms with van der Waals surface area (Å²) in [7, 11) is 0. The Hall–Kier alpha value is -2.29. The van der Waals surface area contributed by atoms with Crippen molar-refractivity contribution >= 4 is 23.3 Å². The lowest BCUT2D eigenvalue weighted by Gasteiger charge is -2.18. The predicted octanol–water partition coefficient (Wildman–Crippen LogP) is 3.74. The lowest BCUT2D eigenvalue weighted by molar-refractivity contribution is -0.141. The normalized spacial score (nSPS) is 17.8. The maximum absolute atomic E-state index is 12.6. The summed E-state index contributed by atoms with van der Waals surface area (Å²) in [5.41, 5.74) is -0.624. The molecule has 1 atom stereocenters. The quantitative estimate of drug-likeness (QED) is 0.872. The van der Waals surface area contributed by atoms with Crippen molar-refractivity contribution in [2.45, 2.75) is 25.6 Å². The van der Waals surface area contributed by atoms with Gasteiger partial charge in [0.25, 0.3) is 0 Å². The molecule has 134 valence electrons. The van der Waals surface area contributed by atoms with Gasteiger partial charge in [-0.2, -0.15) is 18.3 Å². The number of nitrogens with one attached hydrogen (secondary N) is 1. The second-order valence-electron chi connectivity index (χ2n) is 5.78. The summed E-state index contributed by atoms with van der Waals surface area (Å²) in [6.45, 7) is 2.38. The van der Waals surface area contributed by atoms with Crippen molar-refractivity contribution in [2.24, 2.45) is 0 Å². The van der Waals surface area contributed by atoms with Crippen LogP contribution in [0.5, 0.6) is 0 Å². The van der Waals surface area contributed by atoms with Gasteiger partial charge in [-0.1, -0.05) is 11.6 Å². The third-order valence-electron chi connectivity index (χ3n) is 4.01. The van der Waals surface area contributed by atoms with Crippen LogP contribution in [0.1, 0.15) is 23.9 Å². The van der Waals surface area contributed by atoms with E-state index in [0.717, 1.165) is 12.5 Å². The fourth-order valence-electron chi connectivity index (χ4n) is 2.70. The van der Waals surface area contributed by atoms with Gasteiger partial charge in [0.05, 0.1) is 28.6 Å². The number of alkyl halides is 3. The van der Waals surface area contributed by atoms with Gasteiger partial charge in [-0.05, 0) is 25.5 Å². The van der Waals surface area contributed by atoms with Gasteiger partial charge < -0.3 is 10.2 Å². The topological polar surface area (TPSA) is 63.1 Å². The molecular weight excluding hydrogens is 359 g/mol. The van der Waals surface area contributed by atoms with E-state index in [1.165, 1.54) is 19.2 Å². The van der Waals surface area contributed by atoms with Crippen LogP contribution in [0.3, 0.4) is 0 Å². The van der Waals surface area contributed by atoms with Crippen LogP contribution in [0, 0.1) is 6.92 Å². The minimum Gasteiger partial charge on any atom is -0.322 e. The molecule has 2 aromatic rings. The lowest BCUT2D eigenvalue weighted by atomic mass is 10.2. The highest BCUT2D eigenvalue weighted by atomic mass is 35.5. The Bertz CT molecular complexity index is 792. The zero-order valence-electron chi connectivity index (χ0n) is 13.2. The molecule has 1 aliphatic heterocycles. The molecule has 2 amide bonds. The molecule has 2 aromatic heterocycles. The number of carbonyl (C=O) groups excluding carboxylic acids is 1. The third kappa shape index (κ3) is 3.87. The molecule has 1 aliphatic rings. The molecular formula is C15H15ClF3N5O. The number of amides is 2. The zero-order chi connectivity index (χ0) is 18.2. The molecule has 0 aromatic carbocycles. The fraction of sp³-hybridized carbons (Fsp3) is 0.400. The lowest BCUT2D eigenvalue weighted by Crippen LogP contribution is -2.33. The van der Waals surface area contributed by atoms with E-state index >= 15 is 0 Å². The molecule has 0 aliphatic carbocycles. The van der Waals surface area contributed by atoms with Gasteiger partial charge in [-0.3, -0.25) is 4.68 Å². The van der Waals surface area contributed by atoms with Gasteiger partial charge in [0.2, 0.25) is 0 Å². The molecule has 1 unspecified atom stereocenters. The van der Waals surface area contributed by atoms with Gasteiger partial charge >= 0.3 is 12.2 Å². The molecule has 10 heteroatoms. The minimum absolute atomic E-state index is 0.0186. The monoisotopic (exact) mass is 373 g/mol. The summed E-state index contributed by atoms with van der Waals surface area (Å²) in [5, 5.41) is 7.26. The number of likely N-dealkylation sites (tertiary alicyclic amines) is 1. The Balaban J connectivity index is 1.65. The van der Waals surface area contributed by atoms with E-state index in [1.54, 1.807) is 15.8 Å². The van der Waals surface area contributed by atoms with Gasteiger partial charge in [-0.25, -0.2) is 9.78 Å². The number of carbonyl (C=O) groups is 1. The number of halogens is 4. The predicted molar refractivity (Wildman–Crippen MR) is 85.5 cm³/mol. The number of aryl methyl sites for hydroxylation is 1. The average molecular weight is 374 g/mol. The summed E-state index contributed by atoms with van der Waals surface area (Å²) in [5.74, 6) is 0. The van der Waals surface area contributed by atoms with Gasteiger partial charge in [0, 0.05) is 19.3 Å². The van der Waals surface area contributed by atoms with Crippen LogP contribution < -0.4 is 5.32 Å². The smallest absolute Gasteiger partial charge is 0.322 e. The van der Waals surface area contributed by atoms with Crippen molar-refractivity contribution in [2.75, 3.05) is 18.4 Å². The van der Waals surface area contributed by atoms with Gasteiger partial charge in [-0.15, -0.1) is 0 Å². The highest BCUT2D eigenvalue weighted by Gasteiger charge is 2.33. The zero-order valence-corrected chi connectivity index (χ0v) is 14.0. The first-order valence-corrected chi connectivity index (χ1v) is 7.92. The molecule has 3 heterocycles. The first-order chi connectivity index (χ1) is 11.7. The summed E-state index contributed by atoms with van der Waals surface area (Å²) in [6.07, 6.45) is -0.574. The summed E-state index contributed by atoms with van der Waals surface area (Å²) < 4.78 is 39.6. The number of nitrogens with zero attached hydrogens (tertiary/aromatic N) is 4. The molecule has 25 heavy (non-hydrogen) atoms. The third-order valence-corrected chi connectivity index (χ3v) is 4.21. The van der Waals surface area contributed by atoms with Crippen LogP contribution in [-0.2, 0) is 6.18 Å². The first-order valence-electron chi connectivity index (χ1n) is 7.54. The van der Waals surface area contributed by atoms with E-state index in [2.05, 4.69) is 15.4 Å². The molecule has 0 radical (unpaired) electrons. The molecule has 1 saturated heterocycles. The molecule has 0 saturated carbocycles. The maximum Gasteiger partial charge on any atom is 0.433 e. The number of hydrogen-bond donors (Lipinski definition) is 1. The van der Waals surface area contributed by atoms with Crippen molar-refractivity contribution in [3.8, 4) is 0 Å².